The first-order valence-corrected chi connectivity index (χ1v) is 14.4. The average Bonchev–Trinajstić information content (AvgIpc) is 3.34. The molecule has 2 heterocycles. The monoisotopic (exact) mass is 567 g/mol. The first-order valence-electron chi connectivity index (χ1n) is 14.4. The van der Waals surface area contributed by atoms with Gasteiger partial charge in [-0.15, -0.1) is 0 Å². The minimum Gasteiger partial charge on any atom is -0.494 e. The number of H-pyrrole nitrogens is 1. The predicted molar refractivity (Wildman–Crippen MR) is 164 cm³/mol. The van der Waals surface area contributed by atoms with Crippen LogP contribution in [0.25, 0.3) is 10.9 Å². The predicted octanol–water partition coefficient (Wildman–Crippen LogP) is 6.29. The summed E-state index contributed by atoms with van der Waals surface area (Å²) in [4.78, 5) is 35.2. The van der Waals surface area contributed by atoms with Crippen molar-refractivity contribution in [3.05, 3.63) is 95.1 Å². The number of carbonyl (C=O) groups is 2. The molecule has 3 aromatic carbocycles. The second-order valence-electron chi connectivity index (χ2n) is 10.8. The maximum atomic E-state index is 12.8. The van der Waals surface area contributed by atoms with Gasteiger partial charge in [-0.2, -0.15) is 0 Å². The fourth-order valence-corrected chi connectivity index (χ4v) is 5.71. The van der Waals surface area contributed by atoms with Gasteiger partial charge in [-0.25, -0.2) is 9.79 Å². The SMILES string of the molecule is COC(=O)c1ccc2c(C(=Nc3ccc(C(=O)COCCN4[C@H](C)CCC[C@@H]4C)cc3)c3ccccc3)c(O)[nH]c2c1. The molecule has 4 aromatic rings. The van der Waals surface area contributed by atoms with Crippen LogP contribution in [0.4, 0.5) is 5.69 Å². The van der Waals surface area contributed by atoms with E-state index in [9.17, 15) is 14.7 Å². The van der Waals surface area contributed by atoms with Gasteiger partial charge in [-0.1, -0.05) is 42.8 Å². The highest BCUT2D eigenvalue weighted by Crippen LogP contribution is 2.32. The summed E-state index contributed by atoms with van der Waals surface area (Å²) in [6.45, 7) is 5.91. The molecule has 2 atom stereocenters. The number of piperidine rings is 1. The third-order valence-electron chi connectivity index (χ3n) is 8.02. The molecule has 0 radical (unpaired) electrons. The number of fused-ring (bicyclic) bond motifs is 1. The van der Waals surface area contributed by atoms with E-state index < -0.39 is 5.97 Å². The number of aromatic hydroxyl groups is 1. The number of rotatable bonds is 10. The summed E-state index contributed by atoms with van der Waals surface area (Å²) in [7, 11) is 1.33. The Morgan fingerprint density at radius 1 is 0.952 bits per heavy atom. The van der Waals surface area contributed by atoms with Gasteiger partial charge in [0.2, 0.25) is 0 Å². The van der Waals surface area contributed by atoms with Crippen LogP contribution in [0.15, 0.2) is 77.8 Å². The van der Waals surface area contributed by atoms with Crippen molar-refractivity contribution in [1.82, 2.24) is 9.88 Å². The topological polar surface area (TPSA) is 104 Å². The lowest BCUT2D eigenvalue weighted by Gasteiger charge is -2.38. The van der Waals surface area contributed by atoms with E-state index in [2.05, 4.69) is 23.7 Å². The number of hydrogen-bond acceptors (Lipinski definition) is 7. The number of nitrogens with one attached hydrogen (secondary N) is 1. The van der Waals surface area contributed by atoms with Gasteiger partial charge in [-0.05, 0) is 63.1 Å². The van der Waals surface area contributed by atoms with E-state index in [1.54, 1.807) is 42.5 Å². The fourth-order valence-electron chi connectivity index (χ4n) is 5.71. The van der Waals surface area contributed by atoms with Crippen molar-refractivity contribution in [2.24, 2.45) is 4.99 Å². The lowest BCUT2D eigenvalue weighted by Crippen LogP contribution is -2.45. The summed E-state index contributed by atoms with van der Waals surface area (Å²) in [5.41, 5.74) is 4.00. The fraction of sp³-hybridized carbons (Fsp3) is 0.324. The molecule has 1 saturated heterocycles. The Morgan fingerprint density at radius 3 is 2.33 bits per heavy atom. The molecule has 0 saturated carbocycles. The molecule has 42 heavy (non-hydrogen) atoms. The molecule has 0 unspecified atom stereocenters. The van der Waals surface area contributed by atoms with E-state index in [0.29, 0.717) is 57.7 Å². The van der Waals surface area contributed by atoms with Crippen molar-refractivity contribution in [3.63, 3.8) is 0 Å². The lowest BCUT2D eigenvalue weighted by molar-refractivity contribution is 0.0460. The number of nitrogens with zero attached hydrogens (tertiary/aromatic N) is 2. The van der Waals surface area contributed by atoms with Gasteiger partial charge in [0.15, 0.2) is 11.7 Å². The van der Waals surface area contributed by atoms with Gasteiger partial charge in [0.25, 0.3) is 0 Å². The largest absolute Gasteiger partial charge is 0.494 e. The van der Waals surface area contributed by atoms with E-state index in [1.807, 2.05) is 30.3 Å². The van der Waals surface area contributed by atoms with Crippen LogP contribution >= 0.6 is 0 Å². The molecule has 0 bridgehead atoms. The van der Waals surface area contributed by atoms with Crippen LogP contribution in [-0.4, -0.2) is 71.4 Å². The summed E-state index contributed by atoms with van der Waals surface area (Å²) >= 11 is 0. The number of Topliss-reactive ketones (excluding diaryl/α,β-unsaturated/α-hetero) is 1. The van der Waals surface area contributed by atoms with Gasteiger partial charge in [0.1, 0.15) is 6.61 Å². The molecule has 1 fully saturated rings. The van der Waals surface area contributed by atoms with Crippen molar-refractivity contribution < 1.29 is 24.2 Å². The minimum atomic E-state index is -0.462. The van der Waals surface area contributed by atoms with E-state index in [1.165, 1.54) is 26.4 Å². The number of aliphatic imine (C=N–C) groups is 1. The second-order valence-corrected chi connectivity index (χ2v) is 10.8. The Balaban J connectivity index is 1.34. The summed E-state index contributed by atoms with van der Waals surface area (Å²) in [6, 6.07) is 22.8. The molecule has 8 heteroatoms. The van der Waals surface area contributed by atoms with Gasteiger partial charge < -0.3 is 19.6 Å². The van der Waals surface area contributed by atoms with Crippen LogP contribution < -0.4 is 0 Å². The zero-order chi connectivity index (χ0) is 29.6. The molecule has 1 aliphatic rings. The van der Waals surface area contributed by atoms with Crippen LogP contribution in [0.3, 0.4) is 0 Å². The number of esters is 1. The minimum absolute atomic E-state index is 0.0330. The second kappa shape index (κ2) is 13.1. The van der Waals surface area contributed by atoms with Crippen molar-refractivity contribution in [2.45, 2.75) is 45.2 Å². The van der Waals surface area contributed by atoms with Crippen molar-refractivity contribution in [1.29, 1.82) is 0 Å². The first kappa shape index (κ1) is 29.2. The highest BCUT2D eigenvalue weighted by atomic mass is 16.5. The smallest absolute Gasteiger partial charge is 0.337 e. The summed E-state index contributed by atoms with van der Waals surface area (Å²) < 4.78 is 10.6. The maximum absolute atomic E-state index is 12.8. The van der Waals surface area contributed by atoms with Crippen molar-refractivity contribution in [3.8, 4) is 5.88 Å². The third kappa shape index (κ3) is 6.45. The molecule has 0 spiro atoms. The van der Waals surface area contributed by atoms with E-state index >= 15 is 0 Å². The van der Waals surface area contributed by atoms with E-state index in [-0.39, 0.29) is 18.3 Å². The number of ether oxygens (including phenoxy) is 2. The van der Waals surface area contributed by atoms with Crippen LogP contribution in [-0.2, 0) is 9.47 Å². The standard InChI is InChI=1S/C34H37N3O5/c1-22-8-7-9-23(2)37(22)18-19-42-21-30(38)24-12-15-27(16-13-24)35-32(25-10-5-4-6-11-25)31-28-17-14-26(34(40)41-3)20-29(28)36-33(31)39/h4-6,10-17,20,22-23,36,39H,7-9,18-19,21H2,1-3H3/t22-,23+. The Hall–Kier alpha value is -4.27. The Bertz CT molecular complexity index is 1570. The number of likely N-dealkylation sites (tertiary alicyclic amines) is 1. The molecule has 0 amide bonds. The number of aromatic nitrogens is 1. The zero-order valence-electron chi connectivity index (χ0n) is 24.3. The van der Waals surface area contributed by atoms with Gasteiger partial charge >= 0.3 is 5.97 Å². The molecule has 1 aromatic heterocycles. The van der Waals surface area contributed by atoms with Gasteiger partial charge in [0.05, 0.1) is 36.2 Å². The Kier molecular flexibility index (Phi) is 9.15. The van der Waals surface area contributed by atoms with Crippen LogP contribution in [0.1, 0.15) is 65.0 Å². The number of ketones is 1. The van der Waals surface area contributed by atoms with Crippen molar-refractivity contribution >= 4 is 34.1 Å². The molecule has 8 nitrogen and oxygen atoms in total. The third-order valence-corrected chi connectivity index (χ3v) is 8.02. The summed E-state index contributed by atoms with van der Waals surface area (Å²) in [5, 5.41) is 11.7. The van der Waals surface area contributed by atoms with Crippen LogP contribution in [0.5, 0.6) is 5.88 Å². The highest BCUT2D eigenvalue weighted by Gasteiger charge is 2.24. The number of hydrogen-bond donors (Lipinski definition) is 2. The summed E-state index contributed by atoms with van der Waals surface area (Å²) in [6.07, 6.45) is 3.69. The van der Waals surface area contributed by atoms with Crippen LogP contribution in [0.2, 0.25) is 0 Å². The average molecular weight is 568 g/mol. The Labute approximate surface area is 246 Å². The van der Waals surface area contributed by atoms with E-state index in [0.717, 1.165) is 12.1 Å². The number of carbonyl (C=O) groups excluding carboxylic acids is 2. The number of aromatic amines is 1. The molecule has 218 valence electrons. The number of benzene rings is 3. The van der Waals surface area contributed by atoms with Crippen molar-refractivity contribution in [2.75, 3.05) is 26.9 Å². The van der Waals surface area contributed by atoms with Gasteiger partial charge in [0, 0.05) is 40.7 Å². The first-order chi connectivity index (χ1) is 20.4. The van der Waals surface area contributed by atoms with Gasteiger partial charge in [-0.3, -0.25) is 9.69 Å². The zero-order valence-corrected chi connectivity index (χ0v) is 24.3. The molecular formula is C34H37N3O5. The van der Waals surface area contributed by atoms with Crippen LogP contribution in [0, 0.1) is 0 Å². The summed E-state index contributed by atoms with van der Waals surface area (Å²) in [5.74, 6) is -0.605. The quantitative estimate of drug-likeness (QED) is 0.101. The maximum Gasteiger partial charge on any atom is 0.337 e. The molecule has 1 aliphatic heterocycles. The molecule has 5 rings (SSSR count). The molecule has 0 aliphatic carbocycles. The van der Waals surface area contributed by atoms with E-state index in [4.69, 9.17) is 14.5 Å². The highest BCUT2D eigenvalue weighted by molar-refractivity contribution is 6.22. The number of methoxy groups -OCH3 is 1. The molecule has 2 N–H and O–H groups in total. The normalized spacial score (nSPS) is 17.8. The Morgan fingerprint density at radius 2 is 1.64 bits per heavy atom. The molecular weight excluding hydrogens is 530 g/mol. The lowest BCUT2D eigenvalue weighted by atomic mass is 9.98.